The van der Waals surface area contributed by atoms with Crippen LogP contribution in [0.2, 0.25) is 5.02 Å². The van der Waals surface area contributed by atoms with Crippen molar-refractivity contribution in [1.29, 1.82) is 0 Å². The van der Waals surface area contributed by atoms with Gasteiger partial charge in [0, 0.05) is 10.4 Å². The second-order valence-corrected chi connectivity index (χ2v) is 5.88. The van der Waals surface area contributed by atoms with E-state index in [1.807, 2.05) is 20.8 Å². The minimum atomic E-state index is -0.800. The van der Waals surface area contributed by atoms with Gasteiger partial charge in [-0.3, -0.25) is 9.36 Å². The number of ether oxygens (including phenoxy) is 1. The molecule has 20 heavy (non-hydrogen) atoms. The van der Waals surface area contributed by atoms with Crippen molar-refractivity contribution in [3.63, 3.8) is 0 Å². The zero-order valence-corrected chi connectivity index (χ0v) is 12.3. The first-order chi connectivity index (χ1) is 9.38. The maximum absolute atomic E-state index is 12.5. The average Bonchev–Trinajstić information content (AvgIpc) is 2.90. The molecule has 0 bridgehead atoms. The van der Waals surface area contributed by atoms with Gasteiger partial charge in [0.1, 0.15) is 18.4 Å². The molecular weight excluding hydrogens is 278 g/mol. The summed E-state index contributed by atoms with van der Waals surface area (Å²) < 4.78 is 7.32. The van der Waals surface area contributed by atoms with E-state index in [0.29, 0.717) is 10.8 Å². The summed E-state index contributed by atoms with van der Waals surface area (Å²) in [6.45, 7) is 5.54. The third-order valence-corrected chi connectivity index (χ3v) is 2.98. The Morgan fingerprint density at radius 2 is 1.75 bits per heavy atom. The van der Waals surface area contributed by atoms with Crippen LogP contribution in [-0.2, 0) is 4.79 Å². The van der Waals surface area contributed by atoms with Crippen LogP contribution < -0.4 is 4.74 Å². The minimum absolute atomic E-state index is 0.0627. The van der Waals surface area contributed by atoms with Crippen molar-refractivity contribution < 1.29 is 9.53 Å². The molecular formula is C14H16ClN3O2. The van der Waals surface area contributed by atoms with E-state index in [1.54, 1.807) is 28.8 Å². The van der Waals surface area contributed by atoms with Gasteiger partial charge in [-0.2, -0.15) is 0 Å². The molecule has 1 aromatic carbocycles. The summed E-state index contributed by atoms with van der Waals surface area (Å²) in [7, 11) is 0. The van der Waals surface area contributed by atoms with Gasteiger partial charge in [-0.05, 0) is 24.3 Å². The Kier molecular flexibility index (Phi) is 4.09. The first-order valence-corrected chi connectivity index (χ1v) is 6.56. The van der Waals surface area contributed by atoms with Crippen LogP contribution in [0.1, 0.15) is 27.0 Å². The third-order valence-electron chi connectivity index (χ3n) is 2.73. The van der Waals surface area contributed by atoms with Crippen LogP contribution in [0.4, 0.5) is 0 Å². The summed E-state index contributed by atoms with van der Waals surface area (Å²) in [5.41, 5.74) is -0.540. The van der Waals surface area contributed by atoms with E-state index in [9.17, 15) is 4.79 Å². The van der Waals surface area contributed by atoms with Crippen LogP contribution in [0.5, 0.6) is 5.75 Å². The van der Waals surface area contributed by atoms with Crippen molar-refractivity contribution in [1.82, 2.24) is 14.8 Å². The van der Waals surface area contributed by atoms with Crippen LogP contribution in [0, 0.1) is 5.41 Å². The molecule has 0 N–H and O–H groups in total. The Balaban J connectivity index is 2.28. The lowest BCUT2D eigenvalue weighted by molar-refractivity contribution is -0.137. The quantitative estimate of drug-likeness (QED) is 0.869. The highest BCUT2D eigenvalue weighted by Gasteiger charge is 2.32. The maximum atomic E-state index is 12.5. The molecule has 0 aliphatic carbocycles. The van der Waals surface area contributed by atoms with Crippen molar-refractivity contribution >= 4 is 17.4 Å². The van der Waals surface area contributed by atoms with Crippen molar-refractivity contribution in [2.24, 2.45) is 5.41 Å². The predicted molar refractivity (Wildman–Crippen MR) is 75.6 cm³/mol. The monoisotopic (exact) mass is 293 g/mol. The standard InChI is InChI=1S/C14H16ClN3O2/c1-14(2,3)12(19)13(18-8-16-17-9-18)20-11-6-4-10(15)5-7-11/h4-9,13H,1-3H3/t13-/m0/s1. The highest BCUT2D eigenvalue weighted by atomic mass is 35.5. The third kappa shape index (κ3) is 3.36. The SMILES string of the molecule is CC(C)(C)C(=O)[C@H](Oc1ccc(Cl)cc1)n1cnnc1. The molecule has 0 aliphatic heterocycles. The van der Waals surface area contributed by atoms with Crippen molar-refractivity contribution in [3.8, 4) is 5.75 Å². The van der Waals surface area contributed by atoms with Gasteiger partial charge in [-0.1, -0.05) is 32.4 Å². The summed E-state index contributed by atoms with van der Waals surface area (Å²) >= 11 is 5.84. The molecule has 5 nitrogen and oxygen atoms in total. The van der Waals surface area contributed by atoms with Gasteiger partial charge in [-0.15, -0.1) is 10.2 Å². The summed E-state index contributed by atoms with van der Waals surface area (Å²) in [6, 6.07) is 6.86. The zero-order chi connectivity index (χ0) is 14.8. The lowest BCUT2D eigenvalue weighted by atomic mass is 9.89. The fourth-order valence-corrected chi connectivity index (χ4v) is 1.72. The Morgan fingerprint density at radius 3 is 2.25 bits per heavy atom. The normalized spacial score (nSPS) is 13.0. The van der Waals surface area contributed by atoms with Crippen LogP contribution in [0.15, 0.2) is 36.9 Å². The molecule has 2 rings (SSSR count). The van der Waals surface area contributed by atoms with Crippen molar-refractivity contribution in [3.05, 3.63) is 41.9 Å². The Bertz CT molecular complexity index is 573. The smallest absolute Gasteiger partial charge is 0.238 e. The molecule has 1 heterocycles. The molecule has 106 valence electrons. The summed E-state index contributed by atoms with van der Waals surface area (Å²) in [5.74, 6) is 0.498. The Morgan fingerprint density at radius 1 is 1.20 bits per heavy atom. The number of ketones is 1. The fourth-order valence-electron chi connectivity index (χ4n) is 1.59. The van der Waals surface area contributed by atoms with Gasteiger partial charge in [0.15, 0.2) is 5.78 Å². The van der Waals surface area contributed by atoms with Crippen molar-refractivity contribution in [2.45, 2.75) is 27.0 Å². The molecule has 0 radical (unpaired) electrons. The lowest BCUT2D eigenvalue weighted by Crippen LogP contribution is -2.33. The topological polar surface area (TPSA) is 57.0 Å². The molecule has 0 saturated carbocycles. The highest BCUT2D eigenvalue weighted by Crippen LogP contribution is 2.27. The largest absolute Gasteiger partial charge is 0.463 e. The second-order valence-electron chi connectivity index (χ2n) is 5.45. The zero-order valence-electron chi connectivity index (χ0n) is 11.6. The van der Waals surface area contributed by atoms with Crippen LogP contribution >= 0.6 is 11.6 Å². The van der Waals surface area contributed by atoms with Gasteiger partial charge < -0.3 is 4.74 Å². The average molecular weight is 294 g/mol. The number of nitrogens with zero attached hydrogens (tertiary/aromatic N) is 3. The van der Waals surface area contributed by atoms with Crippen molar-refractivity contribution in [2.75, 3.05) is 0 Å². The predicted octanol–water partition coefficient (Wildman–Crippen LogP) is 3.12. The number of hydrogen-bond acceptors (Lipinski definition) is 4. The first-order valence-electron chi connectivity index (χ1n) is 6.18. The van der Waals surface area contributed by atoms with E-state index in [0.717, 1.165) is 0 Å². The van der Waals surface area contributed by atoms with E-state index in [-0.39, 0.29) is 5.78 Å². The molecule has 0 spiro atoms. The van der Waals surface area contributed by atoms with Gasteiger partial charge >= 0.3 is 0 Å². The van der Waals surface area contributed by atoms with Gasteiger partial charge in [0.25, 0.3) is 0 Å². The Hall–Kier alpha value is -1.88. The number of benzene rings is 1. The number of carbonyl (C=O) groups excluding carboxylic acids is 1. The number of carbonyl (C=O) groups is 1. The summed E-state index contributed by atoms with van der Waals surface area (Å²) in [4.78, 5) is 12.5. The number of hydrogen-bond donors (Lipinski definition) is 0. The molecule has 1 atom stereocenters. The molecule has 1 aromatic heterocycles. The lowest BCUT2D eigenvalue weighted by Gasteiger charge is -2.25. The molecule has 0 fully saturated rings. The van der Waals surface area contributed by atoms with Gasteiger partial charge in [-0.25, -0.2) is 0 Å². The van der Waals surface area contributed by atoms with E-state index in [4.69, 9.17) is 16.3 Å². The molecule has 0 unspecified atom stereocenters. The van der Waals surface area contributed by atoms with Crippen LogP contribution in [-0.4, -0.2) is 20.5 Å². The van der Waals surface area contributed by atoms with E-state index in [1.165, 1.54) is 12.7 Å². The molecule has 0 amide bonds. The molecule has 2 aromatic rings. The first kappa shape index (κ1) is 14.5. The van der Waals surface area contributed by atoms with Crippen LogP contribution in [0.3, 0.4) is 0 Å². The van der Waals surface area contributed by atoms with Gasteiger partial charge in [0.2, 0.25) is 6.23 Å². The molecule has 0 aliphatic rings. The van der Waals surface area contributed by atoms with E-state index >= 15 is 0 Å². The fraction of sp³-hybridized carbons (Fsp3) is 0.357. The summed E-state index contributed by atoms with van der Waals surface area (Å²) in [6.07, 6.45) is 2.13. The number of aromatic nitrogens is 3. The maximum Gasteiger partial charge on any atom is 0.238 e. The number of rotatable bonds is 4. The molecule has 6 heteroatoms. The Labute approximate surface area is 122 Å². The number of halogens is 1. The second kappa shape index (κ2) is 5.63. The van der Waals surface area contributed by atoms with E-state index < -0.39 is 11.6 Å². The number of Topliss-reactive ketones (excluding diaryl/α,β-unsaturated/α-hetero) is 1. The van der Waals surface area contributed by atoms with E-state index in [2.05, 4.69) is 10.2 Å². The summed E-state index contributed by atoms with van der Waals surface area (Å²) in [5, 5.41) is 8.06. The minimum Gasteiger partial charge on any atom is -0.463 e. The van der Waals surface area contributed by atoms with Gasteiger partial charge in [0.05, 0.1) is 0 Å². The highest BCUT2D eigenvalue weighted by molar-refractivity contribution is 6.30. The van der Waals surface area contributed by atoms with Crippen LogP contribution in [0.25, 0.3) is 0 Å². The molecule has 0 saturated heterocycles.